The minimum absolute atomic E-state index is 0.0177. The highest BCUT2D eigenvalue weighted by Gasteiger charge is 2.37. The second kappa shape index (κ2) is 13.5. The fourth-order valence-electron chi connectivity index (χ4n) is 3.19. The molecule has 34 heavy (non-hydrogen) atoms. The zero-order chi connectivity index (χ0) is 25.9. The predicted octanol–water partition coefficient (Wildman–Crippen LogP) is 1.92. The van der Waals surface area contributed by atoms with Crippen molar-refractivity contribution in [3.63, 3.8) is 0 Å². The van der Waals surface area contributed by atoms with Crippen LogP contribution in [0, 0.1) is 0 Å². The van der Waals surface area contributed by atoms with Crippen molar-refractivity contribution in [3.8, 4) is 0 Å². The molecule has 0 spiro atoms. The van der Waals surface area contributed by atoms with E-state index >= 15 is 0 Å². The van der Waals surface area contributed by atoms with Gasteiger partial charge in [0.05, 0.1) is 19.6 Å². The molecule has 0 fully saturated rings. The van der Waals surface area contributed by atoms with Crippen molar-refractivity contribution in [1.82, 2.24) is 15.5 Å². The number of carbonyl (C=O) groups is 4. The third-order valence-corrected chi connectivity index (χ3v) is 4.56. The number of hydrogen-bond acceptors (Lipinski definition) is 7. The van der Waals surface area contributed by atoms with Gasteiger partial charge in [0, 0.05) is 12.6 Å². The molecule has 0 aliphatic carbocycles. The maximum absolute atomic E-state index is 13.4. The molecule has 1 rings (SSSR count). The summed E-state index contributed by atoms with van der Waals surface area (Å²) in [6.45, 7) is 9.75. The number of hydrogen-bond donors (Lipinski definition) is 3. The average molecular weight is 480 g/mol. The van der Waals surface area contributed by atoms with Gasteiger partial charge in [0.1, 0.15) is 17.7 Å². The van der Waals surface area contributed by atoms with Gasteiger partial charge in [-0.15, -0.1) is 0 Å². The Kier molecular flexibility index (Phi) is 11.5. The maximum atomic E-state index is 13.4. The van der Waals surface area contributed by atoms with Crippen LogP contribution in [0.25, 0.3) is 0 Å². The lowest BCUT2D eigenvalue weighted by molar-refractivity contribution is -0.146. The molecule has 0 heterocycles. The topological polar surface area (TPSA) is 134 Å². The summed E-state index contributed by atoms with van der Waals surface area (Å²) in [4.78, 5) is 51.8. The Bertz CT molecular complexity index is 822. The molecule has 1 aromatic rings. The minimum atomic E-state index is -1.32. The van der Waals surface area contributed by atoms with Gasteiger partial charge >= 0.3 is 12.1 Å². The predicted molar refractivity (Wildman–Crippen MR) is 126 cm³/mol. The number of aliphatic hydroxyl groups excluding tert-OH is 1. The third kappa shape index (κ3) is 9.38. The standard InChI is InChI=1S/C24H37N3O7/c1-7-33-19(29)13-14-25-21(30)20(17-11-9-8-10-12-17)27(16(2)3)22(31)18(15-28)26-23(32)34-24(4,5)6/h8-12,16,18,20,28H,7,13-15H2,1-6H3,(H,25,30)(H,26,32). The summed E-state index contributed by atoms with van der Waals surface area (Å²) in [5.41, 5.74) is -0.261. The number of nitrogens with zero attached hydrogens (tertiary/aromatic N) is 1. The highest BCUT2D eigenvalue weighted by atomic mass is 16.6. The van der Waals surface area contributed by atoms with Crippen molar-refractivity contribution >= 4 is 23.9 Å². The molecule has 0 saturated heterocycles. The van der Waals surface area contributed by atoms with Crippen LogP contribution in [0.2, 0.25) is 0 Å². The monoisotopic (exact) mass is 479 g/mol. The van der Waals surface area contributed by atoms with Crippen LogP contribution in [-0.4, -0.2) is 71.3 Å². The van der Waals surface area contributed by atoms with Crippen molar-refractivity contribution < 1.29 is 33.8 Å². The maximum Gasteiger partial charge on any atom is 0.408 e. The van der Waals surface area contributed by atoms with E-state index in [0.29, 0.717) is 5.56 Å². The van der Waals surface area contributed by atoms with Crippen molar-refractivity contribution in [2.24, 2.45) is 0 Å². The zero-order valence-corrected chi connectivity index (χ0v) is 20.8. The molecule has 0 aromatic heterocycles. The third-order valence-electron chi connectivity index (χ3n) is 4.56. The summed E-state index contributed by atoms with van der Waals surface area (Å²) in [5.74, 6) is -1.61. The molecule has 3 N–H and O–H groups in total. The number of amides is 3. The largest absolute Gasteiger partial charge is 0.466 e. The van der Waals surface area contributed by atoms with Gasteiger partial charge in [-0.25, -0.2) is 4.79 Å². The van der Waals surface area contributed by atoms with Crippen LogP contribution < -0.4 is 10.6 Å². The van der Waals surface area contributed by atoms with Gasteiger partial charge in [0.2, 0.25) is 11.8 Å². The first-order chi connectivity index (χ1) is 15.9. The molecule has 0 saturated carbocycles. The summed E-state index contributed by atoms with van der Waals surface area (Å²) >= 11 is 0. The van der Waals surface area contributed by atoms with E-state index in [2.05, 4.69) is 10.6 Å². The molecule has 10 nitrogen and oxygen atoms in total. The lowest BCUT2D eigenvalue weighted by Gasteiger charge is -2.36. The van der Waals surface area contributed by atoms with E-state index in [1.54, 1.807) is 71.9 Å². The summed E-state index contributed by atoms with van der Waals surface area (Å²) < 4.78 is 10.1. The molecular weight excluding hydrogens is 442 g/mol. The number of ether oxygens (including phenoxy) is 2. The van der Waals surface area contributed by atoms with E-state index in [1.807, 2.05) is 0 Å². The lowest BCUT2D eigenvalue weighted by atomic mass is 10.0. The van der Waals surface area contributed by atoms with Gasteiger partial charge < -0.3 is 30.1 Å². The van der Waals surface area contributed by atoms with Gasteiger partial charge in [0.15, 0.2) is 0 Å². The number of alkyl carbamates (subject to hydrolysis) is 1. The van der Waals surface area contributed by atoms with Crippen LogP contribution in [0.15, 0.2) is 30.3 Å². The van der Waals surface area contributed by atoms with Gasteiger partial charge in [0.25, 0.3) is 0 Å². The number of esters is 1. The molecule has 0 bridgehead atoms. The Hall–Kier alpha value is -3.14. The summed E-state index contributed by atoms with van der Waals surface area (Å²) in [5, 5.41) is 14.9. The van der Waals surface area contributed by atoms with Crippen LogP contribution in [0.4, 0.5) is 4.79 Å². The highest BCUT2D eigenvalue weighted by Crippen LogP contribution is 2.25. The Balaban J connectivity index is 3.18. The van der Waals surface area contributed by atoms with Crippen LogP contribution in [-0.2, 0) is 23.9 Å². The molecule has 0 radical (unpaired) electrons. The Morgan fingerprint density at radius 1 is 1.09 bits per heavy atom. The molecular formula is C24H37N3O7. The molecule has 1 aromatic carbocycles. The smallest absolute Gasteiger partial charge is 0.408 e. The van der Waals surface area contributed by atoms with Crippen molar-refractivity contribution in [2.75, 3.05) is 19.8 Å². The van der Waals surface area contributed by atoms with Gasteiger partial charge in [-0.3, -0.25) is 14.4 Å². The SMILES string of the molecule is CCOC(=O)CCNC(=O)C(c1ccccc1)N(C(=O)C(CO)NC(=O)OC(C)(C)C)C(C)C. The van der Waals surface area contributed by atoms with E-state index in [0.717, 1.165) is 0 Å². The van der Waals surface area contributed by atoms with Crippen LogP contribution in [0.3, 0.4) is 0 Å². The summed E-state index contributed by atoms with van der Waals surface area (Å²) in [6, 6.07) is 5.80. The van der Waals surface area contributed by atoms with Crippen molar-refractivity contribution in [1.29, 1.82) is 0 Å². The fourth-order valence-corrected chi connectivity index (χ4v) is 3.19. The molecule has 0 aliphatic rings. The van der Waals surface area contributed by atoms with Gasteiger partial charge in [-0.2, -0.15) is 0 Å². The molecule has 3 amide bonds. The van der Waals surface area contributed by atoms with Crippen molar-refractivity contribution in [2.45, 2.75) is 71.7 Å². The number of benzene rings is 1. The van der Waals surface area contributed by atoms with Crippen LogP contribution >= 0.6 is 0 Å². The van der Waals surface area contributed by atoms with E-state index in [1.165, 1.54) is 4.90 Å². The first-order valence-corrected chi connectivity index (χ1v) is 11.3. The minimum Gasteiger partial charge on any atom is -0.466 e. The highest BCUT2D eigenvalue weighted by molar-refractivity contribution is 5.92. The number of aliphatic hydroxyl groups is 1. The quantitative estimate of drug-likeness (QED) is 0.413. The number of rotatable bonds is 11. The van der Waals surface area contributed by atoms with Gasteiger partial charge in [-0.1, -0.05) is 30.3 Å². The van der Waals surface area contributed by atoms with Crippen molar-refractivity contribution in [3.05, 3.63) is 35.9 Å². The van der Waals surface area contributed by atoms with E-state index in [-0.39, 0.29) is 19.6 Å². The Labute approximate surface area is 201 Å². The zero-order valence-electron chi connectivity index (χ0n) is 20.8. The first kappa shape index (κ1) is 28.9. The van der Waals surface area contributed by atoms with Crippen LogP contribution in [0.1, 0.15) is 59.6 Å². The molecule has 10 heteroatoms. The normalized spacial score (nSPS) is 12.9. The number of nitrogens with one attached hydrogen (secondary N) is 2. The Morgan fingerprint density at radius 2 is 1.71 bits per heavy atom. The summed E-state index contributed by atoms with van der Waals surface area (Å²) in [7, 11) is 0. The second-order valence-electron chi connectivity index (χ2n) is 8.88. The molecule has 0 aliphatic heterocycles. The molecule has 2 unspecified atom stereocenters. The lowest BCUT2D eigenvalue weighted by Crippen LogP contribution is -2.56. The molecule has 2 atom stereocenters. The fraction of sp³-hybridized carbons (Fsp3) is 0.583. The Morgan fingerprint density at radius 3 is 2.21 bits per heavy atom. The number of carbonyl (C=O) groups excluding carboxylic acids is 4. The first-order valence-electron chi connectivity index (χ1n) is 11.3. The average Bonchev–Trinajstić information content (AvgIpc) is 2.74. The van der Waals surface area contributed by atoms with E-state index in [4.69, 9.17) is 9.47 Å². The van der Waals surface area contributed by atoms with Crippen LogP contribution in [0.5, 0.6) is 0 Å². The summed E-state index contributed by atoms with van der Waals surface area (Å²) in [6.07, 6.45) is -0.880. The van der Waals surface area contributed by atoms with E-state index in [9.17, 15) is 24.3 Å². The molecule has 190 valence electrons. The van der Waals surface area contributed by atoms with E-state index < -0.39 is 54.2 Å². The van der Waals surface area contributed by atoms with Gasteiger partial charge in [-0.05, 0) is 47.1 Å². The second-order valence-corrected chi connectivity index (χ2v) is 8.88.